The van der Waals surface area contributed by atoms with Crippen molar-refractivity contribution in [1.29, 1.82) is 0 Å². The van der Waals surface area contributed by atoms with E-state index in [1.165, 1.54) is 14.2 Å². The van der Waals surface area contributed by atoms with Crippen LogP contribution in [0.4, 0.5) is 0 Å². The molecule has 22 nitrogen and oxygen atoms in total. The summed E-state index contributed by atoms with van der Waals surface area (Å²) >= 11 is 0. The standard InChI is InChI=1S/C19H22N2O4.4CH4O.La.3NO3.Ni/c1-24-16-8-3-6-14(18(16)22)12-20-10-5-11-21-13-15-7-4-9-17(25-2)19(15)23;4*1-2;;3*2-1(3)4;/h3-4,6-9,12-13,22-23H,5,10-11H2,1-2H3;4*2H,1H3;;;;;/q;;;;;+3;3*-1;+2/p-2. The molecule has 0 spiro atoms. The number of ether oxygens (including phenoxy) is 2. The zero-order chi connectivity index (χ0) is 36.8. The normalized spacial score (nSPS) is 8.04. The summed E-state index contributed by atoms with van der Waals surface area (Å²) in [5.74, 6) is 0.265. The molecule has 0 atom stereocenters. The van der Waals surface area contributed by atoms with E-state index in [-0.39, 0.29) is 63.6 Å². The Labute approximate surface area is 307 Å². The first kappa shape index (κ1) is 62.0. The number of benzene rings is 2. The topological polar surface area (TPSA) is 369 Å². The van der Waals surface area contributed by atoms with E-state index in [9.17, 15) is 10.2 Å². The van der Waals surface area contributed by atoms with Crippen molar-refractivity contribution in [2.45, 2.75) is 6.42 Å². The molecule has 0 bridgehead atoms. The van der Waals surface area contributed by atoms with Gasteiger partial charge in [-0.25, -0.2) is 0 Å². The number of aliphatic hydroxyl groups excluding tert-OH is 4. The molecule has 0 saturated heterocycles. The molecule has 47 heavy (non-hydrogen) atoms. The minimum atomic E-state index is -1.75. The Balaban J connectivity index is -0.0000000962. The Hall–Kier alpha value is -3.89. The van der Waals surface area contributed by atoms with Crippen LogP contribution in [0, 0.1) is 81.6 Å². The molecule has 2 rings (SSSR count). The second kappa shape index (κ2) is 49.0. The van der Waals surface area contributed by atoms with E-state index in [2.05, 4.69) is 9.98 Å². The molecule has 2 aromatic rings. The summed E-state index contributed by atoms with van der Waals surface area (Å²) in [6, 6.07) is 10.1. The average Bonchev–Trinajstić information content (AvgIpc) is 3.01. The van der Waals surface area contributed by atoms with Gasteiger partial charge in [0.1, 0.15) is 11.5 Å². The fourth-order valence-electron chi connectivity index (χ4n) is 2.17. The van der Waals surface area contributed by atoms with Gasteiger partial charge in [0.25, 0.3) is 0 Å². The van der Waals surface area contributed by atoms with Gasteiger partial charge in [0.2, 0.25) is 0 Å². The van der Waals surface area contributed by atoms with Crippen LogP contribution in [0.2, 0.25) is 0 Å². The van der Waals surface area contributed by atoms with Crippen LogP contribution < -0.4 is 19.7 Å². The van der Waals surface area contributed by atoms with Crippen LogP contribution in [0.1, 0.15) is 17.5 Å². The molecule has 2 aromatic carbocycles. The van der Waals surface area contributed by atoms with Crippen molar-refractivity contribution in [1.82, 2.24) is 0 Å². The number of methoxy groups -OCH3 is 2. The van der Waals surface area contributed by atoms with Crippen molar-refractivity contribution >= 4 is 12.4 Å². The first-order valence-corrected chi connectivity index (χ1v) is 11.3. The fourth-order valence-corrected chi connectivity index (χ4v) is 2.17. The molecule has 0 aliphatic heterocycles. The molecule has 0 unspecified atom stereocenters. The van der Waals surface area contributed by atoms with Crippen LogP contribution in [0.3, 0.4) is 0 Å². The van der Waals surface area contributed by atoms with E-state index in [1.54, 1.807) is 48.8 Å². The number of aliphatic hydroxyl groups is 4. The van der Waals surface area contributed by atoms with Crippen molar-refractivity contribution in [2.75, 3.05) is 55.7 Å². The molecule has 24 heteroatoms. The Morgan fingerprint density at radius 1 is 0.617 bits per heavy atom. The first-order valence-electron chi connectivity index (χ1n) is 11.3. The summed E-state index contributed by atoms with van der Waals surface area (Å²) in [4.78, 5) is 33.2. The third kappa shape index (κ3) is 46.6. The number of rotatable bonds is 8. The summed E-state index contributed by atoms with van der Waals surface area (Å²) < 4.78 is 9.97. The number of nitrogens with zero attached hydrogens (tertiary/aromatic N) is 5. The number of para-hydroxylation sites is 2. The van der Waals surface area contributed by atoms with Crippen LogP contribution in [0.5, 0.6) is 23.0 Å². The van der Waals surface area contributed by atoms with Gasteiger partial charge in [-0.15, -0.1) is 0 Å². The maximum Gasteiger partial charge on any atom is 3.00 e. The van der Waals surface area contributed by atoms with Crippen LogP contribution in [0.25, 0.3) is 0 Å². The third-order valence-corrected chi connectivity index (χ3v) is 3.49. The van der Waals surface area contributed by atoms with Crippen molar-refractivity contribution in [3.8, 4) is 23.0 Å². The van der Waals surface area contributed by atoms with E-state index >= 15 is 0 Å². The van der Waals surface area contributed by atoms with Gasteiger partial charge in [-0.3, -0.25) is 9.98 Å². The van der Waals surface area contributed by atoms with Crippen LogP contribution in [0.15, 0.2) is 46.4 Å². The van der Waals surface area contributed by atoms with Gasteiger partial charge in [-0.05, 0) is 29.7 Å². The molecule has 0 aromatic heterocycles. The predicted molar refractivity (Wildman–Crippen MR) is 158 cm³/mol. The zero-order valence-corrected chi connectivity index (χ0v) is 30.6. The summed E-state index contributed by atoms with van der Waals surface area (Å²) in [6.45, 7) is 1.08. The van der Waals surface area contributed by atoms with E-state index in [1.807, 2.05) is 0 Å². The largest absolute Gasteiger partial charge is 3.00 e. The fraction of sp³-hybridized carbons (Fsp3) is 0.391. The number of aliphatic imine (C=N–C) groups is 2. The van der Waals surface area contributed by atoms with Gasteiger partial charge in [0, 0.05) is 54.0 Å². The zero-order valence-electron chi connectivity index (χ0n) is 26.0. The molecule has 0 aliphatic carbocycles. The Morgan fingerprint density at radius 3 is 1.06 bits per heavy atom. The van der Waals surface area contributed by atoms with Gasteiger partial charge < -0.3 is 86.1 Å². The molecule has 4 N–H and O–H groups in total. The molecule has 0 saturated carbocycles. The molecule has 0 heterocycles. The molecular formula is C23H36LaN5NiO17. The van der Waals surface area contributed by atoms with Gasteiger partial charge in [0.15, 0.2) is 0 Å². The van der Waals surface area contributed by atoms with Crippen molar-refractivity contribution in [3.63, 3.8) is 0 Å². The van der Waals surface area contributed by atoms with Gasteiger partial charge >= 0.3 is 52.1 Å². The van der Waals surface area contributed by atoms with Gasteiger partial charge in [-0.1, -0.05) is 35.8 Å². The molecule has 0 radical (unpaired) electrons. The second-order valence-electron chi connectivity index (χ2n) is 5.85. The quantitative estimate of drug-likeness (QED) is 0.0854. The summed E-state index contributed by atoms with van der Waals surface area (Å²) in [6.07, 6.45) is 3.81. The summed E-state index contributed by atoms with van der Waals surface area (Å²) in [7, 11) is 6.93. The number of hydrogen-bond acceptors (Lipinski definition) is 19. The van der Waals surface area contributed by atoms with Crippen molar-refractivity contribution < 1.29 is 107 Å². The SMILES string of the molecule is CO.CO.CO.CO.COc1cccc(C=NCCCN=Cc2cccc(OC)c2[O-])c1[O-].O=[N+]([O-])[O-].O=[N+]([O-])[O-].O=[N+]([O-])[O-].[La+3].[Ni+2]. The molecule has 0 aliphatic rings. The Bertz CT molecular complexity index is 967. The average molecular weight is 852 g/mol. The van der Waals surface area contributed by atoms with E-state index in [0.717, 1.165) is 28.4 Å². The summed E-state index contributed by atoms with van der Waals surface area (Å²) in [5.41, 5.74) is 0.991. The van der Waals surface area contributed by atoms with Crippen LogP contribution in [-0.2, 0) is 16.5 Å². The second-order valence-corrected chi connectivity index (χ2v) is 5.85. The maximum absolute atomic E-state index is 11.9. The van der Waals surface area contributed by atoms with E-state index < -0.39 is 15.3 Å². The molecule has 0 amide bonds. The first-order chi connectivity index (χ1) is 21.4. The third-order valence-electron chi connectivity index (χ3n) is 3.49. The summed E-state index contributed by atoms with van der Waals surface area (Å²) in [5, 5.41) is 96.1. The van der Waals surface area contributed by atoms with Crippen LogP contribution >= 0.6 is 0 Å². The molecule has 268 valence electrons. The molecule has 0 fully saturated rings. The van der Waals surface area contributed by atoms with Crippen molar-refractivity contribution in [2.24, 2.45) is 9.98 Å². The smallest absolute Gasteiger partial charge is 0.870 e. The monoisotopic (exact) mass is 851 g/mol. The maximum atomic E-state index is 11.9. The Morgan fingerprint density at radius 2 is 0.851 bits per heavy atom. The predicted octanol–water partition coefficient (Wildman–Crippen LogP) is -0.507. The van der Waals surface area contributed by atoms with E-state index in [0.29, 0.717) is 42.1 Å². The van der Waals surface area contributed by atoms with E-state index in [4.69, 9.17) is 75.9 Å². The van der Waals surface area contributed by atoms with Crippen LogP contribution in [-0.4, -0.2) is 104 Å². The number of hydrogen-bond donors (Lipinski definition) is 4. The Kier molecular flexibility index (Phi) is 64.6. The van der Waals surface area contributed by atoms with Crippen molar-refractivity contribution in [3.05, 3.63) is 93.5 Å². The minimum Gasteiger partial charge on any atom is -0.870 e. The minimum absolute atomic E-state index is 0. The van der Waals surface area contributed by atoms with Gasteiger partial charge in [-0.2, -0.15) is 0 Å². The van der Waals surface area contributed by atoms with Gasteiger partial charge in [0.05, 0.1) is 29.5 Å². The molecular weight excluding hydrogens is 816 g/mol.